The Morgan fingerprint density at radius 2 is 1.22 bits per heavy atom. The fourth-order valence-corrected chi connectivity index (χ4v) is 6.73. The molecule has 0 bridgehead atoms. The van der Waals surface area contributed by atoms with Crippen molar-refractivity contribution < 1.29 is 35.8 Å². The van der Waals surface area contributed by atoms with Gasteiger partial charge in [0.25, 0.3) is 0 Å². The minimum atomic E-state index is -4.51. The van der Waals surface area contributed by atoms with Gasteiger partial charge in [0.15, 0.2) is 0 Å². The smallest absolute Gasteiger partial charge is 0.361 e. The highest BCUT2D eigenvalue weighted by atomic mass is 127. The average molecular weight is 828 g/mol. The van der Waals surface area contributed by atoms with E-state index in [1.54, 1.807) is 21.4 Å². The lowest BCUT2D eigenvalue weighted by molar-refractivity contribution is -0.138. The molecule has 0 aliphatic rings. The second kappa shape index (κ2) is 14.8. The van der Waals surface area contributed by atoms with Crippen molar-refractivity contribution in [3.05, 3.63) is 55.6 Å². The number of hydrogen-bond donors (Lipinski definition) is 0. The Balaban J connectivity index is 0.000000246. The molecule has 17 heteroatoms. The molecular weight excluding hydrogens is 792 g/mol. The molecule has 45 heavy (non-hydrogen) atoms. The number of rotatable bonds is 10. The summed E-state index contributed by atoms with van der Waals surface area (Å²) in [5.74, 6) is 0. The molecule has 4 rings (SSSR count). The van der Waals surface area contributed by atoms with E-state index in [9.17, 15) is 26.3 Å². The molecule has 0 unspecified atom stereocenters. The van der Waals surface area contributed by atoms with E-state index < -0.39 is 39.6 Å². The molecule has 0 aliphatic heterocycles. The highest BCUT2D eigenvalue weighted by molar-refractivity contribution is 14.1. The quantitative estimate of drug-likeness (QED) is 0.0692. The van der Waals surface area contributed by atoms with Gasteiger partial charge in [-0.3, -0.25) is 4.57 Å². The Labute approximate surface area is 283 Å². The van der Waals surface area contributed by atoms with Crippen LogP contribution in [-0.2, 0) is 35.3 Å². The summed E-state index contributed by atoms with van der Waals surface area (Å²) in [6.45, 7) is 15.3. The molecule has 0 radical (unpaired) electrons. The van der Waals surface area contributed by atoms with Crippen LogP contribution < -0.4 is 0 Å². The van der Waals surface area contributed by atoms with Gasteiger partial charge in [0.2, 0.25) is 0 Å². The largest absolute Gasteiger partial charge is 0.419 e. The third kappa shape index (κ3) is 10.6. The van der Waals surface area contributed by atoms with Crippen molar-refractivity contribution in [2.45, 2.75) is 77.2 Å². The lowest BCUT2D eigenvalue weighted by Crippen LogP contribution is -2.22. The van der Waals surface area contributed by atoms with Gasteiger partial charge in [-0.1, -0.05) is 62.5 Å². The molecular formula is C28H35Cl2F6IN4O2Si2. The third-order valence-corrected chi connectivity index (χ3v) is 11.7. The van der Waals surface area contributed by atoms with Crippen molar-refractivity contribution in [3.8, 4) is 0 Å². The Morgan fingerprint density at radius 3 is 1.71 bits per heavy atom. The molecule has 0 N–H and O–H groups in total. The van der Waals surface area contributed by atoms with Crippen molar-refractivity contribution in [1.82, 2.24) is 19.1 Å². The summed E-state index contributed by atoms with van der Waals surface area (Å²) in [4.78, 5) is 7.82. The molecule has 0 fully saturated rings. The lowest BCUT2D eigenvalue weighted by Gasteiger charge is -2.16. The Morgan fingerprint density at radius 1 is 0.756 bits per heavy atom. The molecule has 4 aromatic heterocycles. The van der Waals surface area contributed by atoms with Crippen LogP contribution in [0.25, 0.3) is 22.1 Å². The van der Waals surface area contributed by atoms with Crippen molar-refractivity contribution in [2.24, 2.45) is 0 Å². The van der Waals surface area contributed by atoms with E-state index in [-0.39, 0.29) is 28.9 Å². The minimum Gasteiger partial charge on any atom is -0.361 e. The summed E-state index contributed by atoms with van der Waals surface area (Å²) in [5.41, 5.74) is -1.04. The van der Waals surface area contributed by atoms with E-state index in [1.807, 2.05) is 22.6 Å². The molecule has 0 amide bonds. The van der Waals surface area contributed by atoms with Crippen molar-refractivity contribution >= 4 is 84.0 Å². The highest BCUT2D eigenvalue weighted by Gasteiger charge is 2.36. The van der Waals surface area contributed by atoms with Crippen LogP contribution in [0.5, 0.6) is 0 Å². The maximum atomic E-state index is 12.9. The summed E-state index contributed by atoms with van der Waals surface area (Å²) in [6.07, 6.45) is -5.84. The molecule has 0 aromatic carbocycles. The van der Waals surface area contributed by atoms with Crippen LogP contribution in [0.3, 0.4) is 0 Å². The highest BCUT2D eigenvalue weighted by Crippen LogP contribution is 2.39. The second-order valence-corrected chi connectivity index (χ2v) is 25.9. The number of alkyl halides is 6. The molecule has 0 spiro atoms. The number of aromatic nitrogens is 4. The maximum absolute atomic E-state index is 12.9. The topological polar surface area (TPSA) is 54.1 Å². The van der Waals surface area contributed by atoms with Gasteiger partial charge in [-0.05, 0) is 46.8 Å². The standard InChI is InChI=1S/C14H17ClF3IN2OSi.C14H18ClF3N2OSi/c1-23(2,3)5-4-22-8-21-11(19)6-9-12(15)10(14(16,17)18)7-20-13(9)21;1-22(2,3)7-6-21-9-20-5-4-10-12(15)11(14(16,17)18)8-19-13(10)20/h6-7H,4-5,8H2,1-3H3;4-5,8H,6-7,9H2,1-3H3. The average Bonchev–Trinajstić information content (AvgIpc) is 3.44. The molecule has 0 atom stereocenters. The third-order valence-electron chi connectivity index (χ3n) is 6.58. The number of ether oxygens (including phenoxy) is 2. The van der Waals surface area contributed by atoms with Crippen molar-refractivity contribution in [3.63, 3.8) is 0 Å². The summed E-state index contributed by atoms with van der Waals surface area (Å²) in [5, 5.41) is -0.0652. The van der Waals surface area contributed by atoms with Gasteiger partial charge < -0.3 is 14.0 Å². The predicted octanol–water partition coefficient (Wildman–Crippen LogP) is 10.6. The van der Waals surface area contributed by atoms with Crippen LogP contribution >= 0.6 is 45.8 Å². The first-order valence-corrected chi connectivity index (χ1v) is 23.1. The number of halogens is 9. The lowest BCUT2D eigenvalue weighted by atomic mass is 10.2. The zero-order valence-electron chi connectivity index (χ0n) is 25.6. The fourth-order valence-electron chi connectivity index (χ4n) is 3.94. The Hall–Kier alpha value is -1.38. The van der Waals surface area contributed by atoms with Crippen molar-refractivity contribution in [2.75, 3.05) is 13.2 Å². The van der Waals surface area contributed by atoms with E-state index in [2.05, 4.69) is 49.3 Å². The fraction of sp³-hybridized carbons (Fsp3) is 0.500. The van der Waals surface area contributed by atoms with Gasteiger partial charge in [0.1, 0.15) is 24.8 Å². The molecule has 0 aliphatic carbocycles. The van der Waals surface area contributed by atoms with Gasteiger partial charge >= 0.3 is 12.4 Å². The summed E-state index contributed by atoms with van der Waals surface area (Å²) >= 11 is 13.8. The molecule has 0 saturated heterocycles. The number of hydrogen-bond acceptors (Lipinski definition) is 4. The monoisotopic (exact) mass is 826 g/mol. The Bertz CT molecular complexity index is 1620. The van der Waals surface area contributed by atoms with E-state index >= 15 is 0 Å². The number of nitrogens with zero attached hydrogens (tertiary/aromatic N) is 4. The normalized spacial score (nSPS) is 13.0. The first-order valence-electron chi connectivity index (χ1n) is 13.9. The van der Waals surface area contributed by atoms with Gasteiger partial charge in [-0.2, -0.15) is 26.3 Å². The predicted molar refractivity (Wildman–Crippen MR) is 180 cm³/mol. The van der Waals surface area contributed by atoms with E-state index in [0.717, 1.165) is 28.2 Å². The summed E-state index contributed by atoms with van der Waals surface area (Å²) < 4.78 is 92.4. The first-order chi connectivity index (χ1) is 20.6. The zero-order valence-corrected chi connectivity index (χ0v) is 31.3. The number of fused-ring (bicyclic) bond motifs is 2. The molecule has 6 nitrogen and oxygen atoms in total. The van der Waals surface area contributed by atoms with Gasteiger partial charge in [0, 0.05) is 58.7 Å². The zero-order chi connectivity index (χ0) is 34.0. The summed E-state index contributed by atoms with van der Waals surface area (Å²) in [6, 6.07) is 5.18. The maximum Gasteiger partial charge on any atom is 0.419 e. The number of pyridine rings is 2. The van der Waals surface area contributed by atoms with E-state index in [1.165, 1.54) is 6.07 Å². The van der Waals surface area contributed by atoms with Crippen LogP contribution in [0.2, 0.25) is 61.4 Å². The van der Waals surface area contributed by atoms with E-state index in [0.29, 0.717) is 29.9 Å². The molecule has 250 valence electrons. The van der Waals surface area contributed by atoms with Crippen molar-refractivity contribution in [1.29, 1.82) is 0 Å². The van der Waals surface area contributed by atoms with Crippen LogP contribution in [0.1, 0.15) is 11.1 Å². The summed E-state index contributed by atoms with van der Waals surface area (Å²) in [7, 11) is -2.35. The molecule has 4 aromatic rings. The van der Waals surface area contributed by atoms with Crippen LogP contribution in [0.4, 0.5) is 26.3 Å². The van der Waals surface area contributed by atoms with Gasteiger partial charge in [0.05, 0.1) is 24.9 Å². The van der Waals surface area contributed by atoms with Crippen LogP contribution in [0, 0.1) is 3.70 Å². The molecule has 4 heterocycles. The molecule has 0 saturated carbocycles. The first kappa shape index (κ1) is 38.1. The Kier molecular flexibility index (Phi) is 12.5. The minimum absolute atomic E-state index is 0.251. The van der Waals surface area contributed by atoms with Crippen LogP contribution in [0.15, 0.2) is 30.7 Å². The van der Waals surface area contributed by atoms with Gasteiger partial charge in [-0.15, -0.1) is 0 Å². The van der Waals surface area contributed by atoms with Gasteiger partial charge in [-0.25, -0.2) is 9.97 Å². The second-order valence-electron chi connectivity index (χ2n) is 12.8. The van der Waals surface area contributed by atoms with E-state index in [4.69, 9.17) is 32.7 Å². The SMILES string of the molecule is C[Si](C)(C)CCOCn1c(I)cc2c(Cl)c(C(F)(F)F)cnc21.C[Si](C)(C)CCOCn1ccc2c(Cl)c(C(F)(F)F)cnc21. The van der Waals surface area contributed by atoms with Crippen LogP contribution in [-0.4, -0.2) is 48.5 Å².